The second-order valence-electron chi connectivity index (χ2n) is 9.92. The highest BCUT2D eigenvalue weighted by molar-refractivity contribution is 7.89. The summed E-state index contributed by atoms with van der Waals surface area (Å²) in [6.07, 6.45) is 2.16. The zero-order valence-corrected chi connectivity index (χ0v) is 22.4. The van der Waals surface area contributed by atoms with E-state index in [9.17, 15) is 18.5 Å². The SMILES string of the molecule is CCCN(CCC)S(=O)(=O)c1ccc(C(=O)Nc2sc3c(c2C#N)CC(C)(C)NC3(C)C)cc1. The maximum absolute atomic E-state index is 13.0. The molecule has 7 nitrogen and oxygen atoms in total. The van der Waals surface area contributed by atoms with Gasteiger partial charge in [0.1, 0.15) is 11.1 Å². The van der Waals surface area contributed by atoms with E-state index >= 15 is 0 Å². The van der Waals surface area contributed by atoms with Crippen molar-refractivity contribution in [1.29, 1.82) is 5.26 Å². The Morgan fingerprint density at radius 2 is 1.74 bits per heavy atom. The minimum Gasteiger partial charge on any atom is -0.312 e. The molecule has 1 amide bonds. The summed E-state index contributed by atoms with van der Waals surface area (Å²) in [6.45, 7) is 13.2. The van der Waals surface area contributed by atoms with E-state index in [4.69, 9.17) is 0 Å². The molecular weight excluding hydrogens is 468 g/mol. The second-order valence-corrected chi connectivity index (χ2v) is 12.9. The first-order valence-electron chi connectivity index (χ1n) is 11.6. The number of rotatable bonds is 8. The Labute approximate surface area is 207 Å². The molecule has 3 rings (SSSR count). The lowest BCUT2D eigenvalue weighted by atomic mass is 9.81. The molecule has 1 aromatic carbocycles. The quantitative estimate of drug-likeness (QED) is 0.538. The lowest BCUT2D eigenvalue weighted by Crippen LogP contribution is -2.54. The summed E-state index contributed by atoms with van der Waals surface area (Å²) < 4.78 is 27.4. The fourth-order valence-corrected chi connectivity index (χ4v) is 7.53. The number of carbonyl (C=O) groups excluding carboxylic acids is 1. The molecule has 0 saturated heterocycles. The van der Waals surface area contributed by atoms with Crippen LogP contribution in [0.2, 0.25) is 0 Å². The Morgan fingerprint density at radius 1 is 1.15 bits per heavy atom. The van der Waals surface area contributed by atoms with Gasteiger partial charge in [-0.15, -0.1) is 11.3 Å². The van der Waals surface area contributed by atoms with E-state index in [0.717, 1.165) is 23.3 Å². The summed E-state index contributed by atoms with van der Waals surface area (Å²) in [4.78, 5) is 14.2. The van der Waals surface area contributed by atoms with Crippen molar-refractivity contribution in [2.45, 2.75) is 76.8 Å². The molecule has 2 N–H and O–H groups in total. The van der Waals surface area contributed by atoms with Crippen molar-refractivity contribution in [2.24, 2.45) is 0 Å². The Bertz CT molecular complexity index is 1200. The van der Waals surface area contributed by atoms with Crippen LogP contribution >= 0.6 is 11.3 Å². The van der Waals surface area contributed by atoms with E-state index < -0.39 is 10.0 Å². The monoisotopic (exact) mass is 502 g/mol. The lowest BCUT2D eigenvalue weighted by molar-refractivity contribution is 0.102. The summed E-state index contributed by atoms with van der Waals surface area (Å²) in [7, 11) is -3.61. The number of nitrogens with one attached hydrogen (secondary N) is 2. The summed E-state index contributed by atoms with van der Waals surface area (Å²) >= 11 is 1.42. The van der Waals surface area contributed by atoms with Crippen LogP contribution in [0.15, 0.2) is 29.2 Å². The highest BCUT2D eigenvalue weighted by Crippen LogP contribution is 2.44. The maximum Gasteiger partial charge on any atom is 0.256 e. The smallest absolute Gasteiger partial charge is 0.256 e. The van der Waals surface area contributed by atoms with Crippen LogP contribution in [0, 0.1) is 11.3 Å². The van der Waals surface area contributed by atoms with E-state index in [0.29, 0.717) is 35.6 Å². The second kappa shape index (κ2) is 9.78. The van der Waals surface area contributed by atoms with Crippen LogP contribution in [-0.2, 0) is 22.0 Å². The zero-order valence-electron chi connectivity index (χ0n) is 20.8. The molecule has 1 aliphatic heterocycles. The zero-order chi connectivity index (χ0) is 25.3. The van der Waals surface area contributed by atoms with Gasteiger partial charge in [0.05, 0.1) is 10.5 Å². The number of thiophene rings is 1. The molecule has 0 spiro atoms. The van der Waals surface area contributed by atoms with Gasteiger partial charge in [0.15, 0.2) is 0 Å². The molecule has 0 bridgehead atoms. The number of benzene rings is 1. The van der Waals surface area contributed by atoms with Gasteiger partial charge in [0.25, 0.3) is 5.91 Å². The van der Waals surface area contributed by atoms with Crippen LogP contribution in [0.4, 0.5) is 5.00 Å². The molecule has 34 heavy (non-hydrogen) atoms. The molecule has 0 aliphatic carbocycles. The van der Waals surface area contributed by atoms with E-state index in [1.807, 2.05) is 13.8 Å². The maximum atomic E-state index is 13.0. The number of fused-ring (bicyclic) bond motifs is 1. The van der Waals surface area contributed by atoms with Gasteiger partial charge in [-0.1, -0.05) is 13.8 Å². The topological polar surface area (TPSA) is 102 Å². The predicted octanol–water partition coefficient (Wildman–Crippen LogP) is 4.84. The van der Waals surface area contributed by atoms with Crippen molar-refractivity contribution in [3.8, 4) is 6.07 Å². The van der Waals surface area contributed by atoms with Crippen LogP contribution in [-0.4, -0.2) is 37.3 Å². The van der Waals surface area contributed by atoms with Gasteiger partial charge in [0, 0.05) is 34.6 Å². The van der Waals surface area contributed by atoms with Crippen molar-refractivity contribution >= 4 is 32.3 Å². The van der Waals surface area contributed by atoms with E-state index in [2.05, 4.69) is 44.4 Å². The van der Waals surface area contributed by atoms with Crippen LogP contribution < -0.4 is 10.6 Å². The Morgan fingerprint density at radius 3 is 2.26 bits per heavy atom. The van der Waals surface area contributed by atoms with Gasteiger partial charge < -0.3 is 10.6 Å². The Kier molecular flexibility index (Phi) is 7.58. The third kappa shape index (κ3) is 5.20. The van der Waals surface area contributed by atoms with Crippen molar-refractivity contribution in [1.82, 2.24) is 9.62 Å². The highest BCUT2D eigenvalue weighted by Gasteiger charge is 2.40. The number of anilines is 1. The number of nitrogens with zero attached hydrogens (tertiary/aromatic N) is 2. The Balaban J connectivity index is 1.87. The normalized spacial score (nSPS) is 16.6. The number of sulfonamides is 1. The minimum absolute atomic E-state index is 0.171. The van der Waals surface area contributed by atoms with Crippen LogP contribution in [0.25, 0.3) is 0 Å². The third-order valence-electron chi connectivity index (χ3n) is 5.88. The molecule has 1 aliphatic rings. The molecule has 0 unspecified atom stereocenters. The molecule has 0 radical (unpaired) electrons. The largest absolute Gasteiger partial charge is 0.312 e. The summed E-state index contributed by atoms with van der Waals surface area (Å²) in [5, 5.41) is 16.9. The predicted molar refractivity (Wildman–Crippen MR) is 137 cm³/mol. The molecule has 2 aromatic rings. The van der Waals surface area contributed by atoms with E-state index in [-0.39, 0.29) is 21.9 Å². The minimum atomic E-state index is -3.61. The fourth-order valence-electron chi connectivity index (χ4n) is 4.69. The first kappa shape index (κ1) is 26.4. The summed E-state index contributed by atoms with van der Waals surface area (Å²) in [5.41, 5.74) is 1.32. The first-order valence-corrected chi connectivity index (χ1v) is 13.9. The number of hydrogen-bond acceptors (Lipinski definition) is 6. The summed E-state index contributed by atoms with van der Waals surface area (Å²) in [5.74, 6) is -0.372. The lowest BCUT2D eigenvalue weighted by Gasteiger charge is -2.42. The molecule has 0 fully saturated rings. The van der Waals surface area contributed by atoms with Crippen LogP contribution in [0.3, 0.4) is 0 Å². The van der Waals surface area contributed by atoms with Gasteiger partial charge in [-0.2, -0.15) is 9.57 Å². The van der Waals surface area contributed by atoms with Gasteiger partial charge in [0.2, 0.25) is 10.0 Å². The molecule has 9 heteroatoms. The first-order chi connectivity index (χ1) is 15.9. The van der Waals surface area contributed by atoms with Crippen LogP contribution in [0.1, 0.15) is 80.7 Å². The molecule has 0 saturated carbocycles. The number of hydrogen-bond donors (Lipinski definition) is 2. The molecule has 184 valence electrons. The van der Waals surface area contributed by atoms with Gasteiger partial charge >= 0.3 is 0 Å². The third-order valence-corrected chi connectivity index (χ3v) is 9.27. The number of amides is 1. The van der Waals surface area contributed by atoms with E-state index in [1.54, 1.807) is 0 Å². The van der Waals surface area contributed by atoms with Crippen molar-refractivity contribution in [3.63, 3.8) is 0 Å². The highest BCUT2D eigenvalue weighted by atomic mass is 32.2. The van der Waals surface area contributed by atoms with Crippen molar-refractivity contribution < 1.29 is 13.2 Å². The number of nitriles is 1. The molecule has 2 heterocycles. The standard InChI is InChI=1S/C25H34N4O3S2/c1-7-13-29(14-8-2)34(31,32)18-11-9-17(10-12-18)22(30)27-23-20(16-26)19-15-24(3,4)28-25(5,6)21(19)33-23/h9-12,28H,7-8,13-15H2,1-6H3,(H,27,30). The van der Waals surface area contributed by atoms with E-state index in [1.165, 1.54) is 39.9 Å². The molecular formula is C25H34N4O3S2. The Hall–Kier alpha value is -2.25. The van der Waals surface area contributed by atoms with Gasteiger partial charge in [-0.05, 0) is 76.8 Å². The summed E-state index contributed by atoms with van der Waals surface area (Å²) in [6, 6.07) is 8.28. The van der Waals surface area contributed by atoms with Crippen LogP contribution in [0.5, 0.6) is 0 Å². The van der Waals surface area contributed by atoms with Crippen molar-refractivity contribution in [3.05, 3.63) is 45.8 Å². The van der Waals surface area contributed by atoms with Gasteiger partial charge in [-0.3, -0.25) is 4.79 Å². The fraction of sp³-hybridized carbons (Fsp3) is 0.520. The van der Waals surface area contributed by atoms with Crippen molar-refractivity contribution in [2.75, 3.05) is 18.4 Å². The molecule has 1 aromatic heterocycles. The average Bonchev–Trinajstić information content (AvgIpc) is 3.09. The number of carbonyl (C=O) groups is 1. The van der Waals surface area contributed by atoms with Gasteiger partial charge in [-0.25, -0.2) is 8.42 Å². The molecule has 0 atom stereocenters. The average molecular weight is 503 g/mol.